The molecule has 0 unspecified atom stereocenters. The Bertz CT molecular complexity index is 483. The monoisotopic (exact) mass is 262 g/mol. The highest BCUT2D eigenvalue weighted by Crippen LogP contribution is 2.37. The zero-order valence-corrected chi connectivity index (χ0v) is 11.0. The van der Waals surface area contributed by atoms with Gasteiger partial charge in [-0.1, -0.05) is 6.07 Å². The van der Waals surface area contributed by atoms with E-state index in [2.05, 4.69) is 5.32 Å². The summed E-state index contributed by atoms with van der Waals surface area (Å²) in [4.78, 5) is 13.9. The van der Waals surface area contributed by atoms with Gasteiger partial charge in [0.2, 0.25) is 0 Å². The standard InChI is InChI=1S/C14H18N2O3/c1-18-12-4-2-3-11(9-12)16-13(17)19-10-14(16)5-7-15-8-6-14/h2-4,9,15H,5-8,10H2,1H3. The lowest BCUT2D eigenvalue weighted by Gasteiger charge is -2.38. The summed E-state index contributed by atoms with van der Waals surface area (Å²) in [6.45, 7) is 2.30. The molecule has 2 aliphatic rings. The number of hydrogen-bond donors (Lipinski definition) is 1. The minimum atomic E-state index is -0.254. The number of piperidine rings is 1. The van der Waals surface area contributed by atoms with Crippen LogP contribution in [0.15, 0.2) is 24.3 Å². The Morgan fingerprint density at radius 1 is 1.37 bits per heavy atom. The Labute approximate surface area is 112 Å². The first-order valence-corrected chi connectivity index (χ1v) is 6.57. The Morgan fingerprint density at radius 2 is 2.16 bits per heavy atom. The highest BCUT2D eigenvalue weighted by Gasteiger charge is 2.48. The molecule has 0 saturated carbocycles. The summed E-state index contributed by atoms with van der Waals surface area (Å²) in [7, 11) is 1.63. The van der Waals surface area contributed by atoms with Crippen molar-refractivity contribution in [1.29, 1.82) is 0 Å². The summed E-state index contributed by atoms with van der Waals surface area (Å²) < 4.78 is 10.5. The number of carbonyl (C=O) groups excluding carboxylic acids is 1. The van der Waals surface area contributed by atoms with Gasteiger partial charge in [0, 0.05) is 6.07 Å². The van der Waals surface area contributed by atoms with Crippen LogP contribution in [0, 0.1) is 0 Å². The van der Waals surface area contributed by atoms with E-state index in [1.54, 1.807) is 12.0 Å². The number of nitrogens with zero attached hydrogens (tertiary/aromatic N) is 1. The summed E-state index contributed by atoms with van der Waals surface area (Å²) in [5.41, 5.74) is 0.651. The average molecular weight is 262 g/mol. The molecule has 19 heavy (non-hydrogen) atoms. The lowest BCUT2D eigenvalue weighted by atomic mass is 9.88. The van der Waals surface area contributed by atoms with Gasteiger partial charge >= 0.3 is 6.09 Å². The van der Waals surface area contributed by atoms with Gasteiger partial charge in [-0.2, -0.15) is 0 Å². The van der Waals surface area contributed by atoms with Crippen LogP contribution in [0.3, 0.4) is 0 Å². The minimum absolute atomic E-state index is 0.200. The van der Waals surface area contributed by atoms with Gasteiger partial charge in [-0.05, 0) is 38.1 Å². The van der Waals surface area contributed by atoms with Gasteiger partial charge in [0.1, 0.15) is 12.4 Å². The fourth-order valence-corrected chi connectivity index (χ4v) is 2.91. The van der Waals surface area contributed by atoms with Crippen molar-refractivity contribution in [2.75, 3.05) is 31.7 Å². The average Bonchev–Trinajstić information content (AvgIpc) is 2.76. The second-order valence-electron chi connectivity index (χ2n) is 5.07. The molecule has 5 heteroatoms. The minimum Gasteiger partial charge on any atom is -0.497 e. The second-order valence-corrected chi connectivity index (χ2v) is 5.07. The van der Waals surface area contributed by atoms with Crippen LogP contribution in [0.25, 0.3) is 0 Å². The molecule has 1 spiro atoms. The molecule has 0 radical (unpaired) electrons. The molecular weight excluding hydrogens is 244 g/mol. The number of amides is 1. The normalized spacial score (nSPS) is 21.5. The van der Waals surface area contributed by atoms with E-state index in [0.717, 1.165) is 37.4 Å². The van der Waals surface area contributed by atoms with E-state index in [9.17, 15) is 4.79 Å². The number of cyclic esters (lactones) is 1. The van der Waals surface area contributed by atoms with Gasteiger partial charge in [-0.25, -0.2) is 4.79 Å². The summed E-state index contributed by atoms with van der Waals surface area (Å²) in [6.07, 6.45) is 1.57. The topological polar surface area (TPSA) is 50.8 Å². The van der Waals surface area contributed by atoms with Gasteiger partial charge in [0.25, 0.3) is 0 Å². The van der Waals surface area contributed by atoms with Crippen molar-refractivity contribution in [2.45, 2.75) is 18.4 Å². The van der Waals surface area contributed by atoms with Crippen LogP contribution >= 0.6 is 0 Å². The van der Waals surface area contributed by atoms with Crippen LogP contribution in [0.1, 0.15) is 12.8 Å². The molecule has 0 aliphatic carbocycles. The SMILES string of the molecule is COc1cccc(N2C(=O)OCC23CCNCC3)c1. The Hall–Kier alpha value is -1.75. The van der Waals surface area contributed by atoms with E-state index >= 15 is 0 Å². The molecule has 102 valence electrons. The van der Waals surface area contributed by atoms with Crippen molar-refractivity contribution in [3.05, 3.63) is 24.3 Å². The van der Waals surface area contributed by atoms with Crippen molar-refractivity contribution >= 4 is 11.8 Å². The highest BCUT2D eigenvalue weighted by atomic mass is 16.6. The maximum absolute atomic E-state index is 12.1. The number of anilines is 1. The Balaban J connectivity index is 1.97. The van der Waals surface area contributed by atoms with Crippen LogP contribution in [0.4, 0.5) is 10.5 Å². The van der Waals surface area contributed by atoms with Crippen LogP contribution in [0.5, 0.6) is 5.75 Å². The molecule has 2 saturated heterocycles. The number of nitrogens with one attached hydrogen (secondary N) is 1. The third-order valence-corrected chi connectivity index (χ3v) is 3.97. The number of benzene rings is 1. The van der Waals surface area contributed by atoms with E-state index in [1.165, 1.54) is 0 Å². The molecular formula is C14H18N2O3. The van der Waals surface area contributed by atoms with Gasteiger partial charge in [-0.15, -0.1) is 0 Å². The molecule has 0 aromatic heterocycles. The number of hydrogen-bond acceptors (Lipinski definition) is 4. The first-order chi connectivity index (χ1) is 9.25. The smallest absolute Gasteiger partial charge is 0.415 e. The van der Waals surface area contributed by atoms with Crippen LogP contribution < -0.4 is 15.0 Å². The second kappa shape index (κ2) is 4.74. The Kier molecular flexibility index (Phi) is 3.06. The number of rotatable bonds is 2. The van der Waals surface area contributed by atoms with Crippen molar-refractivity contribution in [2.24, 2.45) is 0 Å². The van der Waals surface area contributed by atoms with E-state index in [4.69, 9.17) is 9.47 Å². The first-order valence-electron chi connectivity index (χ1n) is 6.57. The molecule has 3 rings (SSSR count). The van der Waals surface area contributed by atoms with Crippen molar-refractivity contribution in [3.8, 4) is 5.75 Å². The van der Waals surface area contributed by atoms with Crippen molar-refractivity contribution < 1.29 is 14.3 Å². The van der Waals surface area contributed by atoms with Gasteiger partial charge in [0.05, 0.1) is 18.3 Å². The lowest BCUT2D eigenvalue weighted by Crippen LogP contribution is -2.53. The van der Waals surface area contributed by atoms with Gasteiger partial charge in [0.15, 0.2) is 0 Å². The molecule has 1 amide bonds. The Morgan fingerprint density at radius 3 is 2.89 bits per heavy atom. The number of methoxy groups -OCH3 is 1. The molecule has 1 aromatic carbocycles. The molecule has 2 aliphatic heterocycles. The fraction of sp³-hybridized carbons (Fsp3) is 0.500. The lowest BCUT2D eigenvalue weighted by molar-refractivity contribution is 0.167. The predicted molar refractivity (Wildman–Crippen MR) is 71.7 cm³/mol. The van der Waals surface area contributed by atoms with Crippen LogP contribution in [-0.2, 0) is 4.74 Å². The first kappa shape index (κ1) is 12.3. The summed E-state index contributed by atoms with van der Waals surface area (Å²) in [5, 5.41) is 3.33. The largest absolute Gasteiger partial charge is 0.497 e. The van der Waals surface area contributed by atoms with Crippen LogP contribution in [0.2, 0.25) is 0 Å². The summed E-state index contributed by atoms with van der Waals surface area (Å²) >= 11 is 0. The molecule has 2 fully saturated rings. The van der Waals surface area contributed by atoms with Crippen LogP contribution in [-0.4, -0.2) is 38.4 Å². The molecule has 5 nitrogen and oxygen atoms in total. The molecule has 0 bridgehead atoms. The van der Waals surface area contributed by atoms with Crippen molar-refractivity contribution in [3.63, 3.8) is 0 Å². The number of carbonyl (C=O) groups is 1. The van der Waals surface area contributed by atoms with Crippen molar-refractivity contribution in [1.82, 2.24) is 5.32 Å². The zero-order chi connectivity index (χ0) is 13.3. The third kappa shape index (κ3) is 2.04. The molecule has 1 N–H and O–H groups in total. The quantitative estimate of drug-likeness (QED) is 0.882. The number of ether oxygens (including phenoxy) is 2. The van der Waals surface area contributed by atoms with E-state index in [0.29, 0.717) is 6.61 Å². The maximum atomic E-state index is 12.1. The fourth-order valence-electron chi connectivity index (χ4n) is 2.91. The van der Waals surface area contributed by atoms with Gasteiger partial charge in [-0.3, -0.25) is 4.90 Å². The van der Waals surface area contributed by atoms with E-state index in [-0.39, 0.29) is 11.6 Å². The van der Waals surface area contributed by atoms with Gasteiger partial charge < -0.3 is 14.8 Å². The zero-order valence-electron chi connectivity index (χ0n) is 11.0. The van der Waals surface area contributed by atoms with E-state index in [1.807, 2.05) is 24.3 Å². The molecule has 2 heterocycles. The summed E-state index contributed by atoms with van der Waals surface area (Å²) in [5.74, 6) is 0.751. The highest BCUT2D eigenvalue weighted by molar-refractivity contribution is 5.91. The third-order valence-electron chi connectivity index (χ3n) is 3.97. The molecule has 1 aromatic rings. The van der Waals surface area contributed by atoms with E-state index < -0.39 is 0 Å². The summed E-state index contributed by atoms with van der Waals surface area (Å²) in [6, 6.07) is 7.59. The molecule has 0 atom stereocenters. The maximum Gasteiger partial charge on any atom is 0.415 e. The predicted octanol–water partition coefficient (Wildman–Crippen LogP) is 1.77.